The molecule has 0 saturated heterocycles. The fourth-order valence-corrected chi connectivity index (χ4v) is 4.15. The molecule has 1 aliphatic rings. The van der Waals surface area contributed by atoms with Crippen molar-refractivity contribution >= 4 is 0 Å². The Morgan fingerprint density at radius 1 is 1.10 bits per heavy atom. The van der Waals surface area contributed by atoms with Gasteiger partial charge in [-0.25, -0.2) is 0 Å². The Kier molecular flexibility index (Phi) is 5.48. The molecule has 1 atom stereocenters. The highest BCUT2D eigenvalue weighted by molar-refractivity contribution is 5.38. The van der Waals surface area contributed by atoms with Crippen LogP contribution in [0.15, 0.2) is 12.1 Å². The van der Waals surface area contributed by atoms with E-state index in [1.165, 1.54) is 55.2 Å². The molecule has 1 aromatic rings. The van der Waals surface area contributed by atoms with Crippen molar-refractivity contribution in [2.75, 3.05) is 6.54 Å². The van der Waals surface area contributed by atoms with Crippen LogP contribution >= 0.6 is 0 Å². The molecule has 1 N–H and O–H groups in total. The van der Waals surface area contributed by atoms with Gasteiger partial charge in [0.25, 0.3) is 0 Å². The van der Waals surface area contributed by atoms with Crippen LogP contribution in [-0.4, -0.2) is 12.6 Å². The summed E-state index contributed by atoms with van der Waals surface area (Å²) in [7, 11) is 0. The second-order valence-corrected chi connectivity index (χ2v) is 7.45. The van der Waals surface area contributed by atoms with E-state index in [1.807, 2.05) is 0 Å². The number of benzene rings is 1. The zero-order valence-electron chi connectivity index (χ0n) is 14.7. The van der Waals surface area contributed by atoms with Crippen LogP contribution < -0.4 is 5.32 Å². The smallest absolute Gasteiger partial charge is 0.0161 e. The lowest BCUT2D eigenvalue weighted by molar-refractivity contribution is 0.219. The first-order valence-electron chi connectivity index (χ1n) is 8.76. The first-order valence-corrected chi connectivity index (χ1v) is 8.76. The Labute approximate surface area is 131 Å². The molecule has 1 aliphatic carbocycles. The maximum Gasteiger partial charge on any atom is 0.0161 e. The van der Waals surface area contributed by atoms with Crippen molar-refractivity contribution in [2.24, 2.45) is 5.41 Å². The van der Waals surface area contributed by atoms with Gasteiger partial charge < -0.3 is 5.32 Å². The zero-order chi connectivity index (χ0) is 15.5. The van der Waals surface area contributed by atoms with E-state index in [0.717, 1.165) is 6.54 Å². The standard InChI is InChI=1S/C20H33N/c1-6-11-21-19(20(5)9-7-8-10-20)14-18-16(3)12-15(2)13-17(18)4/h12-13,19,21H,6-11,14H2,1-5H3. The van der Waals surface area contributed by atoms with Crippen LogP contribution in [0.5, 0.6) is 0 Å². The van der Waals surface area contributed by atoms with E-state index in [4.69, 9.17) is 0 Å². The van der Waals surface area contributed by atoms with Crippen molar-refractivity contribution in [1.82, 2.24) is 5.32 Å². The van der Waals surface area contributed by atoms with Crippen molar-refractivity contribution in [1.29, 1.82) is 0 Å². The second-order valence-electron chi connectivity index (χ2n) is 7.45. The van der Waals surface area contributed by atoms with Gasteiger partial charge in [0.05, 0.1) is 0 Å². The number of nitrogens with one attached hydrogen (secondary N) is 1. The van der Waals surface area contributed by atoms with Gasteiger partial charge in [0, 0.05) is 6.04 Å². The third-order valence-electron chi connectivity index (χ3n) is 5.48. The van der Waals surface area contributed by atoms with Crippen molar-refractivity contribution in [3.63, 3.8) is 0 Å². The monoisotopic (exact) mass is 287 g/mol. The van der Waals surface area contributed by atoms with Crippen molar-refractivity contribution in [3.8, 4) is 0 Å². The topological polar surface area (TPSA) is 12.0 Å². The van der Waals surface area contributed by atoms with Crippen molar-refractivity contribution in [3.05, 3.63) is 34.4 Å². The van der Waals surface area contributed by atoms with Gasteiger partial charge in [-0.2, -0.15) is 0 Å². The Hall–Kier alpha value is -0.820. The normalized spacial score (nSPS) is 18.9. The van der Waals surface area contributed by atoms with Gasteiger partial charge in [-0.1, -0.05) is 44.4 Å². The van der Waals surface area contributed by atoms with Crippen molar-refractivity contribution < 1.29 is 0 Å². The fraction of sp³-hybridized carbons (Fsp3) is 0.700. The summed E-state index contributed by atoms with van der Waals surface area (Å²) in [6.07, 6.45) is 8.00. The molecular weight excluding hydrogens is 254 g/mol. The quantitative estimate of drug-likeness (QED) is 0.767. The molecule has 0 bridgehead atoms. The highest BCUT2D eigenvalue weighted by atomic mass is 14.9. The van der Waals surface area contributed by atoms with Crippen LogP contribution in [0.4, 0.5) is 0 Å². The largest absolute Gasteiger partial charge is 0.313 e. The van der Waals surface area contributed by atoms with Gasteiger partial charge in [0.2, 0.25) is 0 Å². The molecule has 1 fully saturated rings. The summed E-state index contributed by atoms with van der Waals surface area (Å²) >= 11 is 0. The lowest BCUT2D eigenvalue weighted by atomic mass is 9.76. The lowest BCUT2D eigenvalue weighted by Gasteiger charge is -2.36. The highest BCUT2D eigenvalue weighted by Crippen LogP contribution is 2.42. The molecule has 1 saturated carbocycles. The van der Waals surface area contributed by atoms with Crippen LogP contribution in [-0.2, 0) is 6.42 Å². The van der Waals surface area contributed by atoms with Crippen molar-refractivity contribution in [2.45, 2.75) is 79.2 Å². The zero-order valence-corrected chi connectivity index (χ0v) is 14.7. The fourth-order valence-electron chi connectivity index (χ4n) is 4.15. The molecule has 0 aliphatic heterocycles. The molecule has 21 heavy (non-hydrogen) atoms. The minimum atomic E-state index is 0.485. The molecule has 118 valence electrons. The van der Waals surface area contributed by atoms with Crippen LogP contribution in [0, 0.1) is 26.2 Å². The van der Waals surface area contributed by atoms with E-state index >= 15 is 0 Å². The van der Waals surface area contributed by atoms with E-state index in [1.54, 1.807) is 5.56 Å². The number of aryl methyl sites for hydroxylation is 3. The third-order valence-corrected chi connectivity index (χ3v) is 5.48. The van der Waals surface area contributed by atoms with Crippen LogP contribution in [0.3, 0.4) is 0 Å². The van der Waals surface area contributed by atoms with Gasteiger partial charge in [-0.3, -0.25) is 0 Å². The Morgan fingerprint density at radius 3 is 2.19 bits per heavy atom. The summed E-state index contributed by atoms with van der Waals surface area (Å²) in [6.45, 7) is 12.7. The molecule has 1 nitrogen and oxygen atoms in total. The molecule has 1 unspecified atom stereocenters. The average molecular weight is 287 g/mol. The summed E-state index contributed by atoms with van der Waals surface area (Å²) in [4.78, 5) is 0. The summed E-state index contributed by atoms with van der Waals surface area (Å²) < 4.78 is 0. The van der Waals surface area contributed by atoms with Gasteiger partial charge in [0.1, 0.15) is 0 Å². The van der Waals surface area contributed by atoms with E-state index in [2.05, 4.69) is 52.1 Å². The first kappa shape index (κ1) is 16.5. The summed E-state index contributed by atoms with van der Waals surface area (Å²) in [5, 5.41) is 3.87. The van der Waals surface area contributed by atoms with Crippen LogP contribution in [0.25, 0.3) is 0 Å². The van der Waals surface area contributed by atoms with Gasteiger partial charge in [-0.05, 0) is 75.1 Å². The maximum absolute atomic E-state index is 3.87. The first-order chi connectivity index (χ1) is 9.96. The Balaban J connectivity index is 2.22. The SMILES string of the molecule is CCCNC(Cc1c(C)cc(C)cc1C)C1(C)CCCC1. The van der Waals surface area contributed by atoms with E-state index < -0.39 is 0 Å². The molecular formula is C20H33N. The predicted molar refractivity (Wildman–Crippen MR) is 93.0 cm³/mol. The summed E-state index contributed by atoms with van der Waals surface area (Å²) in [6, 6.07) is 5.31. The third kappa shape index (κ3) is 3.88. The molecule has 0 amide bonds. The van der Waals surface area contributed by atoms with Gasteiger partial charge in [0.15, 0.2) is 0 Å². The van der Waals surface area contributed by atoms with Crippen LogP contribution in [0.1, 0.15) is 68.2 Å². The van der Waals surface area contributed by atoms with Crippen LogP contribution in [0.2, 0.25) is 0 Å². The predicted octanol–water partition coefficient (Wildman–Crippen LogP) is 5.10. The molecule has 1 aromatic carbocycles. The second kappa shape index (κ2) is 6.96. The Bertz CT molecular complexity index is 446. The molecule has 0 radical (unpaired) electrons. The number of hydrogen-bond acceptors (Lipinski definition) is 1. The van der Waals surface area contributed by atoms with Gasteiger partial charge in [-0.15, -0.1) is 0 Å². The Morgan fingerprint density at radius 2 is 1.67 bits per heavy atom. The lowest BCUT2D eigenvalue weighted by Crippen LogP contribution is -2.44. The van der Waals surface area contributed by atoms with E-state index in [0.29, 0.717) is 11.5 Å². The minimum Gasteiger partial charge on any atom is -0.313 e. The average Bonchev–Trinajstić information content (AvgIpc) is 2.85. The molecule has 0 aromatic heterocycles. The highest BCUT2D eigenvalue weighted by Gasteiger charge is 2.36. The summed E-state index contributed by atoms with van der Waals surface area (Å²) in [5.74, 6) is 0. The molecule has 1 heteroatoms. The minimum absolute atomic E-state index is 0.485. The van der Waals surface area contributed by atoms with Gasteiger partial charge >= 0.3 is 0 Å². The van der Waals surface area contributed by atoms with E-state index in [9.17, 15) is 0 Å². The number of rotatable bonds is 6. The number of hydrogen-bond donors (Lipinski definition) is 1. The molecule has 0 spiro atoms. The molecule has 2 rings (SSSR count). The van der Waals surface area contributed by atoms with E-state index in [-0.39, 0.29) is 0 Å². The maximum atomic E-state index is 3.87. The molecule has 0 heterocycles. The summed E-state index contributed by atoms with van der Waals surface area (Å²) in [5.41, 5.74) is 6.38.